The van der Waals surface area contributed by atoms with Crippen LogP contribution in [0.5, 0.6) is 5.75 Å². The molecule has 0 bridgehead atoms. The summed E-state index contributed by atoms with van der Waals surface area (Å²) in [5.74, 6) is -0.783. The van der Waals surface area contributed by atoms with Gasteiger partial charge in [0.2, 0.25) is 0 Å². The van der Waals surface area contributed by atoms with Crippen molar-refractivity contribution in [3.63, 3.8) is 0 Å². The summed E-state index contributed by atoms with van der Waals surface area (Å²) in [5.41, 5.74) is 0.424. The normalized spacial score (nSPS) is 15.8. The maximum atomic E-state index is 13.4. The van der Waals surface area contributed by atoms with Crippen molar-refractivity contribution in [2.24, 2.45) is 4.99 Å². The molecule has 3 aromatic heterocycles. The molecule has 1 saturated heterocycles. The van der Waals surface area contributed by atoms with Gasteiger partial charge in [-0.15, -0.1) is 0 Å². The van der Waals surface area contributed by atoms with E-state index in [1.54, 1.807) is 60.2 Å². The first kappa shape index (κ1) is 24.4. The molecule has 4 heterocycles. The Morgan fingerprint density at radius 3 is 2.73 bits per heavy atom. The third kappa shape index (κ3) is 5.14. The summed E-state index contributed by atoms with van der Waals surface area (Å²) in [4.78, 5) is 48.4. The molecule has 4 aromatic rings. The summed E-state index contributed by atoms with van der Waals surface area (Å²) >= 11 is 0. The van der Waals surface area contributed by atoms with Crippen molar-refractivity contribution in [2.75, 3.05) is 19.8 Å². The number of rotatable bonds is 7. The average molecular weight is 503 g/mol. The van der Waals surface area contributed by atoms with E-state index >= 15 is 0 Å². The number of hydrogen-bond acceptors (Lipinski definition) is 7. The largest absolute Gasteiger partial charge is 0.484 e. The summed E-state index contributed by atoms with van der Waals surface area (Å²) in [6.07, 6.45) is 3.10. The number of pyridine rings is 2. The molecule has 0 aliphatic carbocycles. The number of fused-ring (bicyclic) bond motifs is 2. The molecule has 0 radical (unpaired) electrons. The van der Waals surface area contributed by atoms with Crippen molar-refractivity contribution < 1.29 is 23.8 Å². The fourth-order valence-corrected chi connectivity index (χ4v) is 4.33. The number of carbonyl (C=O) groups is 2. The minimum Gasteiger partial charge on any atom is -0.484 e. The van der Waals surface area contributed by atoms with Crippen molar-refractivity contribution in [3.8, 4) is 5.75 Å². The Labute approximate surface area is 211 Å². The van der Waals surface area contributed by atoms with E-state index in [9.17, 15) is 14.4 Å². The number of ether oxygens (including phenoxy) is 3. The maximum Gasteiger partial charge on any atom is 0.341 e. The van der Waals surface area contributed by atoms with Crippen molar-refractivity contribution >= 4 is 28.6 Å². The summed E-state index contributed by atoms with van der Waals surface area (Å²) in [6.45, 7) is 2.32. The molecule has 1 fully saturated rings. The quantitative estimate of drug-likeness (QED) is 0.282. The van der Waals surface area contributed by atoms with Gasteiger partial charge in [-0.3, -0.25) is 14.0 Å². The highest BCUT2D eigenvalue weighted by Crippen LogP contribution is 2.17. The Morgan fingerprint density at radius 1 is 1.16 bits per heavy atom. The van der Waals surface area contributed by atoms with Gasteiger partial charge in [0.15, 0.2) is 12.1 Å². The zero-order valence-corrected chi connectivity index (χ0v) is 20.3. The van der Waals surface area contributed by atoms with Gasteiger partial charge in [0.25, 0.3) is 11.5 Å². The third-order valence-electron chi connectivity index (χ3n) is 6.03. The first-order valence-electron chi connectivity index (χ1n) is 12.1. The van der Waals surface area contributed by atoms with Crippen LogP contribution in [0, 0.1) is 0 Å². The van der Waals surface area contributed by atoms with Gasteiger partial charge in [-0.05, 0) is 50.1 Å². The SMILES string of the molecule is CCOC(=O)c1cc2c(=O)n3ccccc3nc2n(C[C@H]2CCCO2)c1=NC(=O)COc1ccccc1. The van der Waals surface area contributed by atoms with Crippen LogP contribution < -0.4 is 15.8 Å². The second-order valence-electron chi connectivity index (χ2n) is 8.54. The zero-order valence-electron chi connectivity index (χ0n) is 20.3. The second-order valence-corrected chi connectivity index (χ2v) is 8.54. The molecule has 1 atom stereocenters. The van der Waals surface area contributed by atoms with Gasteiger partial charge in [-0.25, -0.2) is 9.78 Å². The minimum atomic E-state index is -0.696. The fourth-order valence-electron chi connectivity index (χ4n) is 4.33. The van der Waals surface area contributed by atoms with Gasteiger partial charge in [0, 0.05) is 12.8 Å². The minimum absolute atomic E-state index is 0.00445. The van der Waals surface area contributed by atoms with Crippen LogP contribution in [-0.2, 0) is 20.8 Å². The highest BCUT2D eigenvalue weighted by atomic mass is 16.5. The molecular weight excluding hydrogens is 476 g/mol. The van der Waals surface area contributed by atoms with Gasteiger partial charge in [-0.2, -0.15) is 4.99 Å². The van der Waals surface area contributed by atoms with Crippen molar-refractivity contribution in [1.82, 2.24) is 14.0 Å². The van der Waals surface area contributed by atoms with Crippen molar-refractivity contribution in [3.05, 3.63) is 82.2 Å². The van der Waals surface area contributed by atoms with Crippen LogP contribution in [0.4, 0.5) is 0 Å². The number of aromatic nitrogens is 3. The number of esters is 1. The highest BCUT2D eigenvalue weighted by molar-refractivity contribution is 5.93. The molecule has 1 aliphatic heterocycles. The lowest BCUT2D eigenvalue weighted by Gasteiger charge is -2.18. The Morgan fingerprint density at radius 2 is 1.97 bits per heavy atom. The van der Waals surface area contributed by atoms with E-state index in [1.807, 2.05) is 6.07 Å². The van der Waals surface area contributed by atoms with Crippen LogP contribution in [0.3, 0.4) is 0 Å². The monoisotopic (exact) mass is 502 g/mol. The number of amides is 1. The molecule has 0 spiro atoms. The van der Waals surface area contributed by atoms with Crippen LogP contribution in [-0.4, -0.2) is 51.8 Å². The molecule has 0 N–H and O–H groups in total. The maximum absolute atomic E-state index is 13.4. The number of para-hydroxylation sites is 1. The van der Waals surface area contributed by atoms with Gasteiger partial charge in [0.1, 0.15) is 22.6 Å². The lowest BCUT2D eigenvalue weighted by Crippen LogP contribution is -2.35. The topological polar surface area (TPSA) is 113 Å². The molecule has 190 valence electrons. The van der Waals surface area contributed by atoms with Gasteiger partial charge in [0.05, 0.1) is 24.6 Å². The summed E-state index contributed by atoms with van der Waals surface area (Å²) in [5, 5.41) is 0.205. The van der Waals surface area contributed by atoms with E-state index in [0.29, 0.717) is 23.7 Å². The molecule has 1 aromatic carbocycles. The molecule has 5 rings (SSSR count). The predicted molar refractivity (Wildman–Crippen MR) is 134 cm³/mol. The Balaban J connectivity index is 1.72. The number of nitrogens with zero attached hydrogens (tertiary/aromatic N) is 4. The summed E-state index contributed by atoms with van der Waals surface area (Å²) in [7, 11) is 0. The molecule has 0 saturated carbocycles. The smallest absolute Gasteiger partial charge is 0.341 e. The fraction of sp³-hybridized carbons (Fsp3) is 0.296. The highest BCUT2D eigenvalue weighted by Gasteiger charge is 2.23. The number of carbonyl (C=O) groups excluding carboxylic acids is 2. The van der Waals surface area contributed by atoms with E-state index in [-0.39, 0.29) is 47.9 Å². The summed E-state index contributed by atoms with van der Waals surface area (Å²) < 4.78 is 19.7. The standard InChI is InChI=1S/C27H26N4O6/c1-2-35-27(34)21-15-20-24(28-22-12-6-7-13-30(22)26(20)33)31(16-19-11-8-14-36-19)25(21)29-23(32)17-37-18-9-4-3-5-10-18/h3-7,9-10,12-13,15,19H,2,8,11,14,16-17H2,1H3/t19-/m1/s1. The van der Waals surface area contributed by atoms with E-state index in [4.69, 9.17) is 19.2 Å². The molecule has 10 heteroatoms. The van der Waals surface area contributed by atoms with Crippen molar-refractivity contribution in [2.45, 2.75) is 32.4 Å². The van der Waals surface area contributed by atoms with Gasteiger partial charge < -0.3 is 18.8 Å². The Hall–Kier alpha value is -4.31. The lowest BCUT2D eigenvalue weighted by atomic mass is 10.2. The van der Waals surface area contributed by atoms with Crippen LogP contribution >= 0.6 is 0 Å². The molecule has 0 unspecified atom stereocenters. The van der Waals surface area contributed by atoms with E-state index in [2.05, 4.69) is 4.99 Å². The summed E-state index contributed by atoms with van der Waals surface area (Å²) in [6, 6.07) is 15.5. The van der Waals surface area contributed by atoms with E-state index in [1.165, 1.54) is 10.5 Å². The van der Waals surface area contributed by atoms with Crippen LogP contribution in [0.1, 0.15) is 30.1 Å². The van der Waals surface area contributed by atoms with Crippen LogP contribution in [0.2, 0.25) is 0 Å². The first-order chi connectivity index (χ1) is 18.0. The Kier molecular flexibility index (Phi) is 7.09. The van der Waals surface area contributed by atoms with E-state index in [0.717, 1.165) is 12.8 Å². The first-order valence-corrected chi connectivity index (χ1v) is 12.1. The van der Waals surface area contributed by atoms with Crippen molar-refractivity contribution in [1.29, 1.82) is 0 Å². The predicted octanol–water partition coefficient (Wildman–Crippen LogP) is 2.51. The molecule has 10 nitrogen and oxygen atoms in total. The molecular formula is C27H26N4O6. The van der Waals surface area contributed by atoms with Crippen LogP contribution in [0.15, 0.2) is 70.6 Å². The number of hydrogen-bond donors (Lipinski definition) is 0. The van der Waals surface area contributed by atoms with Crippen LogP contribution in [0.25, 0.3) is 16.7 Å². The average Bonchev–Trinajstić information content (AvgIpc) is 3.43. The molecule has 37 heavy (non-hydrogen) atoms. The molecule has 1 amide bonds. The lowest BCUT2D eigenvalue weighted by molar-refractivity contribution is -0.120. The number of benzene rings is 1. The van der Waals surface area contributed by atoms with Gasteiger partial charge >= 0.3 is 5.97 Å². The third-order valence-corrected chi connectivity index (χ3v) is 6.03. The Bertz CT molecular complexity index is 1590. The van der Waals surface area contributed by atoms with E-state index < -0.39 is 11.9 Å². The van der Waals surface area contributed by atoms with Gasteiger partial charge in [-0.1, -0.05) is 24.3 Å². The zero-order chi connectivity index (χ0) is 25.8. The molecule has 1 aliphatic rings. The second kappa shape index (κ2) is 10.8.